The average Bonchev–Trinajstić information content (AvgIpc) is 2.26. The van der Waals surface area contributed by atoms with Crippen molar-refractivity contribution in [3.8, 4) is 5.75 Å². The molecular weight excluding hydrogens is 244 g/mol. The number of hydrogen-bond donors (Lipinski definition) is 0. The van der Waals surface area contributed by atoms with Crippen LogP contribution >= 0.6 is 0 Å². The fourth-order valence-electron chi connectivity index (χ4n) is 1.80. The van der Waals surface area contributed by atoms with Gasteiger partial charge in [0.15, 0.2) is 0 Å². The molecule has 2 heterocycles. The maximum atomic E-state index is 11.9. The van der Waals surface area contributed by atoms with Crippen molar-refractivity contribution < 1.29 is 14.3 Å². The van der Waals surface area contributed by atoms with Gasteiger partial charge in [0.05, 0.1) is 12.2 Å². The molecule has 1 saturated heterocycles. The number of hydrogen-bond acceptors (Lipinski definition) is 4. The van der Waals surface area contributed by atoms with E-state index < -0.39 is 5.60 Å². The average molecular weight is 264 g/mol. The summed E-state index contributed by atoms with van der Waals surface area (Å²) in [6.45, 7) is 6.81. The maximum Gasteiger partial charge on any atom is 0.410 e. The lowest BCUT2D eigenvalue weighted by Gasteiger charge is -2.40. The molecular formula is C14H20N2O3. The van der Waals surface area contributed by atoms with E-state index in [0.717, 1.165) is 18.7 Å². The quantitative estimate of drug-likeness (QED) is 0.841. The van der Waals surface area contributed by atoms with Gasteiger partial charge in [-0.3, -0.25) is 4.98 Å². The van der Waals surface area contributed by atoms with Gasteiger partial charge in [0.2, 0.25) is 0 Å². The van der Waals surface area contributed by atoms with Crippen LogP contribution in [0.25, 0.3) is 0 Å². The molecule has 1 aliphatic heterocycles. The number of carbonyl (C=O) groups excluding carboxylic acids is 1. The highest BCUT2D eigenvalue weighted by Gasteiger charge is 2.35. The van der Waals surface area contributed by atoms with Crippen LogP contribution in [0.4, 0.5) is 4.79 Å². The molecule has 19 heavy (non-hydrogen) atoms. The smallest absolute Gasteiger partial charge is 0.410 e. The molecule has 0 aliphatic carbocycles. The molecule has 0 aromatic carbocycles. The summed E-state index contributed by atoms with van der Waals surface area (Å²) in [5.41, 5.74) is -0.457. The molecule has 2 rings (SSSR count). The Bertz CT molecular complexity index is 428. The van der Waals surface area contributed by atoms with Gasteiger partial charge in [-0.1, -0.05) is 0 Å². The third kappa shape index (κ3) is 3.84. The van der Waals surface area contributed by atoms with E-state index in [0.29, 0.717) is 6.61 Å². The molecule has 1 aliphatic rings. The Labute approximate surface area is 113 Å². The highest BCUT2D eigenvalue weighted by Crippen LogP contribution is 2.22. The summed E-state index contributed by atoms with van der Waals surface area (Å²) in [6.07, 6.45) is 4.04. The van der Waals surface area contributed by atoms with Crippen LogP contribution < -0.4 is 4.74 Å². The van der Waals surface area contributed by atoms with Crippen LogP contribution in [-0.4, -0.2) is 40.8 Å². The maximum absolute atomic E-state index is 11.9. The molecule has 0 radical (unpaired) electrons. The lowest BCUT2D eigenvalue weighted by molar-refractivity contribution is -0.0141. The zero-order valence-corrected chi connectivity index (χ0v) is 11.6. The summed E-state index contributed by atoms with van der Waals surface area (Å²) in [7, 11) is 0. The Morgan fingerprint density at radius 2 is 2.32 bits per heavy atom. The van der Waals surface area contributed by atoms with Crippen molar-refractivity contribution in [3.63, 3.8) is 0 Å². The molecule has 0 bridgehead atoms. The zero-order valence-electron chi connectivity index (χ0n) is 11.6. The zero-order chi connectivity index (χ0) is 13.9. The SMILES string of the molecule is CC(C)(C)OC(=O)N1CC[C@H]1COc1cccnc1. The number of nitrogens with zero attached hydrogens (tertiary/aromatic N) is 2. The van der Waals surface area contributed by atoms with E-state index in [9.17, 15) is 4.79 Å². The van der Waals surface area contributed by atoms with Gasteiger partial charge in [-0.2, -0.15) is 0 Å². The van der Waals surface area contributed by atoms with Gasteiger partial charge in [0.1, 0.15) is 18.0 Å². The molecule has 104 valence electrons. The van der Waals surface area contributed by atoms with Crippen molar-refractivity contribution >= 4 is 6.09 Å². The van der Waals surface area contributed by atoms with E-state index in [1.807, 2.05) is 32.9 Å². The standard InChI is InChI=1S/C14H20N2O3/c1-14(2,3)19-13(17)16-8-6-11(16)10-18-12-5-4-7-15-9-12/h4-5,7,9,11H,6,8,10H2,1-3H3/t11-/m0/s1. The molecule has 1 aromatic heterocycles. The number of pyridine rings is 1. The third-order valence-electron chi connectivity index (χ3n) is 2.85. The monoisotopic (exact) mass is 264 g/mol. The van der Waals surface area contributed by atoms with Gasteiger partial charge >= 0.3 is 6.09 Å². The molecule has 0 spiro atoms. The number of ether oxygens (including phenoxy) is 2. The van der Waals surface area contributed by atoms with Crippen molar-refractivity contribution in [2.24, 2.45) is 0 Å². The van der Waals surface area contributed by atoms with Crippen LogP contribution in [0, 0.1) is 0 Å². The second-order valence-electron chi connectivity index (χ2n) is 5.62. The van der Waals surface area contributed by atoms with E-state index in [-0.39, 0.29) is 12.1 Å². The number of amides is 1. The van der Waals surface area contributed by atoms with Crippen molar-refractivity contribution in [2.75, 3.05) is 13.2 Å². The van der Waals surface area contributed by atoms with Gasteiger partial charge in [-0.25, -0.2) is 4.79 Å². The second kappa shape index (κ2) is 5.47. The Balaban J connectivity index is 1.81. The van der Waals surface area contributed by atoms with Crippen molar-refractivity contribution in [1.29, 1.82) is 0 Å². The minimum atomic E-state index is -0.457. The van der Waals surface area contributed by atoms with Crippen molar-refractivity contribution in [2.45, 2.75) is 38.8 Å². The largest absolute Gasteiger partial charge is 0.490 e. The molecule has 0 unspecified atom stereocenters. The Kier molecular flexibility index (Phi) is 3.93. The second-order valence-corrected chi connectivity index (χ2v) is 5.62. The van der Waals surface area contributed by atoms with Crippen molar-refractivity contribution in [3.05, 3.63) is 24.5 Å². The van der Waals surface area contributed by atoms with Gasteiger partial charge in [0.25, 0.3) is 0 Å². The van der Waals surface area contributed by atoms with Gasteiger partial charge < -0.3 is 14.4 Å². The molecule has 5 heteroatoms. The molecule has 0 N–H and O–H groups in total. The van der Waals surface area contributed by atoms with Gasteiger partial charge in [-0.05, 0) is 39.3 Å². The summed E-state index contributed by atoms with van der Waals surface area (Å²) in [4.78, 5) is 17.6. The molecule has 1 fully saturated rings. The Hall–Kier alpha value is -1.78. The first-order chi connectivity index (χ1) is 8.96. The predicted octanol–water partition coefficient (Wildman–Crippen LogP) is 2.47. The molecule has 1 atom stereocenters. The first-order valence-electron chi connectivity index (χ1n) is 6.48. The summed E-state index contributed by atoms with van der Waals surface area (Å²) in [5, 5.41) is 0. The summed E-state index contributed by atoms with van der Waals surface area (Å²) < 4.78 is 11.0. The number of rotatable bonds is 3. The lowest BCUT2D eigenvalue weighted by atomic mass is 10.1. The van der Waals surface area contributed by atoms with Crippen LogP contribution in [0.15, 0.2) is 24.5 Å². The lowest BCUT2D eigenvalue weighted by Crippen LogP contribution is -2.55. The van der Waals surface area contributed by atoms with Crippen molar-refractivity contribution in [1.82, 2.24) is 9.88 Å². The Morgan fingerprint density at radius 1 is 1.53 bits per heavy atom. The first kappa shape index (κ1) is 13.6. The third-order valence-corrected chi connectivity index (χ3v) is 2.85. The van der Waals surface area contributed by atoms with E-state index in [1.54, 1.807) is 17.3 Å². The fraction of sp³-hybridized carbons (Fsp3) is 0.571. The van der Waals surface area contributed by atoms with Crippen LogP contribution in [0.3, 0.4) is 0 Å². The van der Waals surface area contributed by atoms with E-state index in [2.05, 4.69) is 4.98 Å². The molecule has 1 amide bonds. The van der Waals surface area contributed by atoms with E-state index in [4.69, 9.17) is 9.47 Å². The molecule has 0 saturated carbocycles. The summed E-state index contributed by atoms with van der Waals surface area (Å²) in [6, 6.07) is 3.76. The van der Waals surface area contributed by atoms with E-state index >= 15 is 0 Å². The predicted molar refractivity (Wildman–Crippen MR) is 71.1 cm³/mol. The normalized spacial score (nSPS) is 18.7. The van der Waals surface area contributed by atoms with Crippen LogP contribution in [0.1, 0.15) is 27.2 Å². The number of carbonyl (C=O) groups is 1. The summed E-state index contributed by atoms with van der Waals surface area (Å²) >= 11 is 0. The van der Waals surface area contributed by atoms with Crippen LogP contribution in [-0.2, 0) is 4.74 Å². The Morgan fingerprint density at radius 3 is 2.84 bits per heavy atom. The molecule has 1 aromatic rings. The molecule has 5 nitrogen and oxygen atoms in total. The van der Waals surface area contributed by atoms with Gasteiger partial charge in [0, 0.05) is 12.7 Å². The van der Waals surface area contributed by atoms with Crippen LogP contribution in [0.5, 0.6) is 5.75 Å². The highest BCUT2D eigenvalue weighted by atomic mass is 16.6. The van der Waals surface area contributed by atoms with E-state index in [1.165, 1.54) is 0 Å². The summed E-state index contributed by atoms with van der Waals surface area (Å²) in [5.74, 6) is 0.721. The fourth-order valence-corrected chi connectivity index (χ4v) is 1.80. The number of aromatic nitrogens is 1. The topological polar surface area (TPSA) is 51.7 Å². The first-order valence-corrected chi connectivity index (χ1v) is 6.48. The number of likely N-dealkylation sites (tertiary alicyclic amines) is 1. The highest BCUT2D eigenvalue weighted by molar-refractivity contribution is 5.69. The minimum Gasteiger partial charge on any atom is -0.490 e. The minimum absolute atomic E-state index is 0.0926. The van der Waals surface area contributed by atoms with Crippen LogP contribution in [0.2, 0.25) is 0 Å². The van der Waals surface area contributed by atoms with Gasteiger partial charge in [-0.15, -0.1) is 0 Å².